The van der Waals surface area contributed by atoms with Crippen molar-refractivity contribution in [3.05, 3.63) is 21.3 Å². The summed E-state index contributed by atoms with van der Waals surface area (Å²) in [5.41, 5.74) is -0.227. The first kappa shape index (κ1) is 17.2. The highest BCUT2D eigenvalue weighted by atomic mass is 35.5. The van der Waals surface area contributed by atoms with Crippen molar-refractivity contribution >= 4 is 40.5 Å². The number of thiophene rings is 1. The van der Waals surface area contributed by atoms with Crippen LogP contribution in [0.4, 0.5) is 0 Å². The molecule has 24 heavy (non-hydrogen) atoms. The van der Waals surface area contributed by atoms with Crippen LogP contribution in [0.5, 0.6) is 0 Å². The number of hydrogen-bond donors (Lipinski definition) is 1. The van der Waals surface area contributed by atoms with Gasteiger partial charge in [-0.2, -0.15) is 0 Å². The lowest BCUT2D eigenvalue weighted by Crippen LogP contribution is -2.55. The first-order valence-electron chi connectivity index (χ1n) is 8.02. The van der Waals surface area contributed by atoms with Crippen LogP contribution in [0.1, 0.15) is 43.9 Å². The van der Waals surface area contributed by atoms with E-state index in [-0.39, 0.29) is 11.9 Å². The molecule has 1 fully saturated rings. The van der Waals surface area contributed by atoms with E-state index in [9.17, 15) is 9.59 Å². The number of nitrogens with one attached hydrogen (secondary N) is 1. The largest absolute Gasteiger partial charge is 0.464 e. The van der Waals surface area contributed by atoms with E-state index in [4.69, 9.17) is 21.2 Å². The number of halogens is 1. The zero-order valence-corrected chi connectivity index (χ0v) is 14.9. The lowest BCUT2D eigenvalue weighted by atomic mass is 9.97. The Morgan fingerprint density at radius 1 is 1.46 bits per heavy atom. The first-order valence-corrected chi connectivity index (χ1v) is 9.21. The molecule has 0 spiro atoms. The Labute approximate surface area is 149 Å². The zero-order valence-electron chi connectivity index (χ0n) is 13.3. The fraction of sp³-hybridized carbons (Fsp3) is 0.562. The number of hydrogen-bond acceptors (Lipinski definition) is 6. The van der Waals surface area contributed by atoms with Crippen LogP contribution >= 0.6 is 22.9 Å². The van der Waals surface area contributed by atoms with Crippen molar-refractivity contribution in [3.63, 3.8) is 0 Å². The quantitative estimate of drug-likeness (QED) is 0.808. The van der Waals surface area contributed by atoms with Gasteiger partial charge in [-0.1, -0.05) is 29.6 Å². The first-order chi connectivity index (χ1) is 11.5. The van der Waals surface area contributed by atoms with Crippen molar-refractivity contribution < 1.29 is 19.2 Å². The fourth-order valence-corrected chi connectivity index (χ4v) is 4.11. The number of ether oxygens (including phenoxy) is 1. The molecule has 0 bridgehead atoms. The molecule has 1 atom stereocenters. The minimum Gasteiger partial charge on any atom is -0.464 e. The summed E-state index contributed by atoms with van der Waals surface area (Å²) in [6.07, 6.45) is 2.60. The SMILES string of the molecule is CCOC(=O)C1(NC(=O)C2CC(c3ccc(Cl)s3)=NO2)CCCC1. The van der Waals surface area contributed by atoms with E-state index < -0.39 is 11.6 Å². The van der Waals surface area contributed by atoms with E-state index in [1.807, 2.05) is 6.07 Å². The van der Waals surface area contributed by atoms with Gasteiger partial charge in [0.25, 0.3) is 5.91 Å². The number of esters is 1. The van der Waals surface area contributed by atoms with E-state index >= 15 is 0 Å². The maximum atomic E-state index is 12.6. The molecule has 8 heteroatoms. The third-order valence-corrected chi connectivity index (χ3v) is 5.58. The van der Waals surface area contributed by atoms with E-state index in [1.54, 1.807) is 13.0 Å². The van der Waals surface area contributed by atoms with Gasteiger partial charge in [0.15, 0.2) is 0 Å². The van der Waals surface area contributed by atoms with E-state index in [1.165, 1.54) is 11.3 Å². The molecule has 1 aliphatic carbocycles. The summed E-state index contributed by atoms with van der Waals surface area (Å²) in [6, 6.07) is 3.64. The minimum atomic E-state index is -0.925. The molecule has 3 rings (SSSR count). The smallest absolute Gasteiger partial charge is 0.331 e. The van der Waals surface area contributed by atoms with Gasteiger partial charge >= 0.3 is 5.97 Å². The van der Waals surface area contributed by atoms with Crippen LogP contribution in [-0.4, -0.2) is 35.8 Å². The number of rotatable bonds is 5. The third-order valence-electron chi connectivity index (χ3n) is 4.30. The average molecular weight is 371 g/mol. The lowest BCUT2D eigenvalue weighted by molar-refractivity contribution is -0.154. The second kappa shape index (κ2) is 7.11. The molecule has 1 unspecified atom stereocenters. The topological polar surface area (TPSA) is 77.0 Å². The molecule has 2 aliphatic rings. The Morgan fingerprint density at radius 3 is 2.83 bits per heavy atom. The predicted molar refractivity (Wildman–Crippen MR) is 91.3 cm³/mol. The molecule has 1 amide bonds. The lowest BCUT2D eigenvalue weighted by Gasteiger charge is -2.28. The van der Waals surface area contributed by atoms with Gasteiger partial charge in [-0.05, 0) is 31.9 Å². The summed E-state index contributed by atoms with van der Waals surface area (Å²) in [4.78, 5) is 31.0. The van der Waals surface area contributed by atoms with Gasteiger partial charge in [0.05, 0.1) is 15.8 Å². The molecule has 6 nitrogen and oxygen atoms in total. The van der Waals surface area contributed by atoms with Crippen LogP contribution in [0.3, 0.4) is 0 Å². The summed E-state index contributed by atoms with van der Waals surface area (Å²) < 4.78 is 5.81. The monoisotopic (exact) mass is 370 g/mol. The molecule has 0 radical (unpaired) electrons. The molecule has 1 aromatic rings. The molecular formula is C16H19ClN2O4S. The van der Waals surface area contributed by atoms with Crippen molar-refractivity contribution in [1.29, 1.82) is 0 Å². The standard InChI is InChI=1S/C16H19ClN2O4S/c1-2-22-15(21)16(7-3-4-8-16)18-14(20)11-9-10(19-23-11)12-5-6-13(17)24-12/h5-6,11H,2-4,7-9H2,1H3,(H,18,20). The molecule has 1 aliphatic heterocycles. The highest BCUT2D eigenvalue weighted by molar-refractivity contribution is 7.18. The van der Waals surface area contributed by atoms with Gasteiger partial charge < -0.3 is 14.9 Å². The van der Waals surface area contributed by atoms with Crippen LogP contribution in [0.2, 0.25) is 4.34 Å². The maximum Gasteiger partial charge on any atom is 0.331 e. The minimum absolute atomic E-state index is 0.294. The number of carbonyl (C=O) groups excluding carboxylic acids is 2. The van der Waals surface area contributed by atoms with Gasteiger partial charge in [-0.3, -0.25) is 4.79 Å². The summed E-state index contributed by atoms with van der Waals surface area (Å²) in [5, 5.41) is 6.85. The molecule has 1 N–H and O–H groups in total. The number of nitrogens with zero attached hydrogens (tertiary/aromatic N) is 1. The van der Waals surface area contributed by atoms with Crippen LogP contribution in [0.25, 0.3) is 0 Å². The van der Waals surface area contributed by atoms with Crippen molar-refractivity contribution in [2.45, 2.75) is 50.7 Å². The Morgan fingerprint density at radius 2 is 2.21 bits per heavy atom. The van der Waals surface area contributed by atoms with Gasteiger partial charge in [-0.25, -0.2) is 4.79 Å². The van der Waals surface area contributed by atoms with Gasteiger partial charge in [0, 0.05) is 6.42 Å². The highest BCUT2D eigenvalue weighted by Crippen LogP contribution is 2.32. The Kier molecular flexibility index (Phi) is 5.10. The van der Waals surface area contributed by atoms with Gasteiger partial charge in [0.1, 0.15) is 11.3 Å². The Bertz CT molecular complexity index is 667. The predicted octanol–water partition coefficient (Wildman–Crippen LogP) is 2.89. The second-order valence-electron chi connectivity index (χ2n) is 5.94. The average Bonchev–Trinajstić information content (AvgIpc) is 3.27. The molecule has 130 valence electrons. The third kappa shape index (κ3) is 3.42. The summed E-state index contributed by atoms with van der Waals surface area (Å²) in [6.45, 7) is 2.05. The van der Waals surface area contributed by atoms with Crippen molar-refractivity contribution in [2.75, 3.05) is 6.61 Å². The summed E-state index contributed by atoms with van der Waals surface area (Å²) in [5.74, 6) is -0.689. The summed E-state index contributed by atoms with van der Waals surface area (Å²) in [7, 11) is 0. The molecule has 1 aromatic heterocycles. The van der Waals surface area contributed by atoms with E-state index in [0.29, 0.717) is 35.9 Å². The van der Waals surface area contributed by atoms with Crippen LogP contribution in [-0.2, 0) is 19.2 Å². The molecule has 2 heterocycles. The fourth-order valence-electron chi connectivity index (χ4n) is 3.08. The normalized spacial score (nSPS) is 21.9. The van der Waals surface area contributed by atoms with E-state index in [0.717, 1.165) is 17.7 Å². The zero-order chi connectivity index (χ0) is 17.2. The Hall–Kier alpha value is -1.60. The maximum absolute atomic E-state index is 12.6. The molecular weight excluding hydrogens is 352 g/mol. The second-order valence-corrected chi connectivity index (χ2v) is 7.65. The summed E-state index contributed by atoms with van der Waals surface area (Å²) >= 11 is 7.32. The number of oxime groups is 1. The molecule has 0 saturated heterocycles. The van der Waals surface area contributed by atoms with Crippen molar-refractivity contribution in [3.8, 4) is 0 Å². The molecule has 0 aromatic carbocycles. The molecule has 1 saturated carbocycles. The van der Waals surface area contributed by atoms with Gasteiger partial charge in [0.2, 0.25) is 6.10 Å². The Balaban J connectivity index is 1.64. The van der Waals surface area contributed by atoms with E-state index in [2.05, 4.69) is 10.5 Å². The number of amides is 1. The van der Waals surface area contributed by atoms with Crippen LogP contribution in [0.15, 0.2) is 17.3 Å². The van der Waals surface area contributed by atoms with Crippen LogP contribution < -0.4 is 5.32 Å². The highest BCUT2D eigenvalue weighted by Gasteiger charge is 2.45. The van der Waals surface area contributed by atoms with Gasteiger partial charge in [-0.15, -0.1) is 11.3 Å². The number of carbonyl (C=O) groups is 2. The van der Waals surface area contributed by atoms with Crippen molar-refractivity contribution in [1.82, 2.24) is 5.32 Å². The van der Waals surface area contributed by atoms with Crippen molar-refractivity contribution in [2.24, 2.45) is 5.16 Å². The van der Waals surface area contributed by atoms with Crippen LogP contribution in [0, 0.1) is 0 Å².